The fourth-order valence-electron chi connectivity index (χ4n) is 3.42. The average molecular weight is 420 g/mol. The summed E-state index contributed by atoms with van der Waals surface area (Å²) in [6.45, 7) is 2.80. The molecule has 2 heterocycles. The summed E-state index contributed by atoms with van der Waals surface area (Å²) in [4.78, 5) is 35.3. The minimum absolute atomic E-state index is 0.217. The van der Waals surface area contributed by atoms with Crippen LogP contribution in [0.5, 0.6) is 0 Å². The zero-order valence-corrected chi connectivity index (χ0v) is 16.5. The Kier molecular flexibility index (Phi) is 6.86. The summed E-state index contributed by atoms with van der Waals surface area (Å²) in [5.41, 5.74) is 0.323. The Morgan fingerprint density at radius 1 is 1.17 bits per heavy atom. The highest BCUT2D eigenvalue weighted by Gasteiger charge is 2.51. The van der Waals surface area contributed by atoms with Crippen molar-refractivity contribution in [3.63, 3.8) is 0 Å². The maximum atomic E-state index is 12.4. The van der Waals surface area contributed by atoms with Gasteiger partial charge in [-0.1, -0.05) is 24.3 Å². The van der Waals surface area contributed by atoms with Gasteiger partial charge in [-0.25, -0.2) is 4.79 Å². The molecule has 0 aliphatic carbocycles. The van der Waals surface area contributed by atoms with E-state index < -0.39 is 60.6 Å². The van der Waals surface area contributed by atoms with Crippen LogP contribution in [-0.4, -0.2) is 70.8 Å². The molecule has 1 aromatic carbocycles. The van der Waals surface area contributed by atoms with Gasteiger partial charge in [0.1, 0.15) is 24.4 Å². The van der Waals surface area contributed by atoms with E-state index in [0.717, 1.165) is 0 Å². The smallest absolute Gasteiger partial charge is 0.338 e. The lowest BCUT2D eigenvalue weighted by Gasteiger charge is -2.29. The van der Waals surface area contributed by atoms with Crippen LogP contribution in [0.15, 0.2) is 42.5 Å². The Morgan fingerprint density at radius 3 is 2.53 bits per heavy atom. The van der Waals surface area contributed by atoms with Gasteiger partial charge in [0.15, 0.2) is 12.2 Å². The Hall–Kier alpha value is -2.75. The molecule has 2 fully saturated rings. The number of carbonyl (C=O) groups excluding carboxylic acids is 3. The SMILES string of the molecule is CC(=O)O[C@H](C)[C@@H](/C=C/[C@H]1O[C@@H]2[C@@H](OC(=O)C[C@@H]2O)[C@H]1O)OC(=O)c1ccccc1. The van der Waals surface area contributed by atoms with E-state index in [1.807, 2.05) is 0 Å². The van der Waals surface area contributed by atoms with Gasteiger partial charge >= 0.3 is 17.9 Å². The highest BCUT2D eigenvalue weighted by molar-refractivity contribution is 5.89. The van der Waals surface area contributed by atoms with Gasteiger partial charge in [0.05, 0.1) is 18.1 Å². The highest BCUT2D eigenvalue weighted by Crippen LogP contribution is 2.32. The Morgan fingerprint density at radius 2 is 1.87 bits per heavy atom. The number of ether oxygens (including phenoxy) is 4. The van der Waals surface area contributed by atoms with Crippen molar-refractivity contribution in [1.29, 1.82) is 0 Å². The molecule has 0 amide bonds. The summed E-state index contributed by atoms with van der Waals surface area (Å²) in [5.74, 6) is -1.78. The van der Waals surface area contributed by atoms with E-state index in [-0.39, 0.29) is 6.42 Å². The maximum Gasteiger partial charge on any atom is 0.338 e. The van der Waals surface area contributed by atoms with Crippen molar-refractivity contribution in [1.82, 2.24) is 0 Å². The van der Waals surface area contributed by atoms with Crippen LogP contribution in [0.1, 0.15) is 30.6 Å². The summed E-state index contributed by atoms with van der Waals surface area (Å²) >= 11 is 0. The van der Waals surface area contributed by atoms with Crippen molar-refractivity contribution in [3.8, 4) is 0 Å². The Labute approximate surface area is 173 Å². The first-order chi connectivity index (χ1) is 14.3. The lowest BCUT2D eigenvalue weighted by atomic mass is 9.98. The summed E-state index contributed by atoms with van der Waals surface area (Å²) in [6, 6.07) is 8.31. The second-order valence-corrected chi connectivity index (χ2v) is 7.22. The average Bonchev–Trinajstić information content (AvgIpc) is 3.01. The molecule has 0 bridgehead atoms. The Balaban J connectivity index is 1.73. The molecule has 162 valence electrons. The van der Waals surface area contributed by atoms with Crippen molar-refractivity contribution >= 4 is 17.9 Å². The second-order valence-electron chi connectivity index (χ2n) is 7.22. The second kappa shape index (κ2) is 9.38. The molecule has 30 heavy (non-hydrogen) atoms. The van der Waals surface area contributed by atoms with Gasteiger partial charge in [-0.15, -0.1) is 0 Å². The molecule has 0 saturated carbocycles. The number of benzene rings is 1. The van der Waals surface area contributed by atoms with Gasteiger partial charge in [0.2, 0.25) is 0 Å². The van der Waals surface area contributed by atoms with Crippen LogP contribution in [0.3, 0.4) is 0 Å². The normalized spacial score (nSPS) is 30.3. The van der Waals surface area contributed by atoms with Crippen LogP contribution in [0, 0.1) is 0 Å². The summed E-state index contributed by atoms with van der Waals surface area (Å²) in [7, 11) is 0. The van der Waals surface area contributed by atoms with Crippen molar-refractivity contribution in [3.05, 3.63) is 48.0 Å². The molecule has 2 saturated heterocycles. The monoisotopic (exact) mass is 420 g/mol. The first-order valence-electron chi connectivity index (χ1n) is 9.59. The minimum atomic E-state index is -1.21. The zero-order chi connectivity index (χ0) is 21.8. The molecule has 0 radical (unpaired) electrons. The first-order valence-corrected chi connectivity index (χ1v) is 9.59. The maximum absolute atomic E-state index is 12.4. The number of hydrogen-bond acceptors (Lipinski definition) is 9. The number of hydrogen-bond donors (Lipinski definition) is 2. The molecule has 2 aliphatic rings. The molecule has 7 atom stereocenters. The third-order valence-electron chi connectivity index (χ3n) is 4.89. The van der Waals surface area contributed by atoms with Crippen molar-refractivity contribution in [2.45, 2.75) is 63.0 Å². The molecule has 0 unspecified atom stereocenters. The van der Waals surface area contributed by atoms with Gasteiger partial charge in [-0.3, -0.25) is 9.59 Å². The van der Waals surface area contributed by atoms with E-state index >= 15 is 0 Å². The molecule has 2 aliphatic heterocycles. The molecule has 0 spiro atoms. The van der Waals surface area contributed by atoms with E-state index in [9.17, 15) is 24.6 Å². The number of carbonyl (C=O) groups is 3. The van der Waals surface area contributed by atoms with Gasteiger partial charge in [0.25, 0.3) is 0 Å². The van der Waals surface area contributed by atoms with Crippen LogP contribution in [0.2, 0.25) is 0 Å². The molecule has 1 aromatic rings. The first kappa shape index (κ1) is 21.9. The third kappa shape index (κ3) is 5.05. The van der Waals surface area contributed by atoms with Crippen LogP contribution in [0.25, 0.3) is 0 Å². The molecule has 9 heteroatoms. The standard InChI is InChI=1S/C21H24O9/c1-11(27-12(2)22)15(29-21(26)13-6-4-3-5-7-13)8-9-16-18(25)20-19(28-16)14(23)10-17(24)30-20/h3-9,11,14-16,18-20,23,25H,10H2,1-2H3/b9-8+/t11-,14+,15-,16-,18+,19+,20+/m1/s1. The third-order valence-corrected chi connectivity index (χ3v) is 4.89. The van der Waals surface area contributed by atoms with Crippen molar-refractivity contribution in [2.24, 2.45) is 0 Å². The van der Waals surface area contributed by atoms with Gasteiger partial charge in [-0.05, 0) is 25.1 Å². The number of fused-ring (bicyclic) bond motifs is 1. The van der Waals surface area contributed by atoms with Crippen LogP contribution in [-0.2, 0) is 28.5 Å². The molecule has 2 N–H and O–H groups in total. The van der Waals surface area contributed by atoms with Crippen molar-refractivity contribution in [2.75, 3.05) is 0 Å². The zero-order valence-electron chi connectivity index (χ0n) is 16.5. The molecule has 3 rings (SSSR count). The molecule has 0 aromatic heterocycles. The molecular formula is C21H24O9. The van der Waals surface area contributed by atoms with Crippen LogP contribution in [0.4, 0.5) is 0 Å². The highest BCUT2D eigenvalue weighted by atomic mass is 16.6. The van der Waals surface area contributed by atoms with E-state index in [1.54, 1.807) is 37.3 Å². The van der Waals surface area contributed by atoms with Crippen molar-refractivity contribution < 1.29 is 43.5 Å². The Bertz CT molecular complexity index is 806. The van der Waals surface area contributed by atoms with Gasteiger partial charge in [0, 0.05) is 6.92 Å². The summed E-state index contributed by atoms with van der Waals surface area (Å²) < 4.78 is 21.3. The fourth-order valence-corrected chi connectivity index (χ4v) is 3.42. The number of esters is 3. The van der Waals surface area contributed by atoms with Crippen LogP contribution >= 0.6 is 0 Å². The summed E-state index contributed by atoms with van der Waals surface area (Å²) in [6.07, 6.45) is -4.18. The molecular weight excluding hydrogens is 396 g/mol. The topological polar surface area (TPSA) is 129 Å². The van der Waals surface area contributed by atoms with E-state index in [1.165, 1.54) is 19.1 Å². The quantitative estimate of drug-likeness (QED) is 0.384. The predicted octanol–water partition coefficient (Wildman–Crippen LogP) is 0.524. The van der Waals surface area contributed by atoms with Gasteiger partial charge in [-0.2, -0.15) is 0 Å². The lowest BCUT2D eigenvalue weighted by Crippen LogP contribution is -2.47. The fraction of sp³-hybridized carbons (Fsp3) is 0.476. The number of rotatable bonds is 6. The molecule has 9 nitrogen and oxygen atoms in total. The van der Waals surface area contributed by atoms with E-state index in [2.05, 4.69) is 0 Å². The summed E-state index contributed by atoms with van der Waals surface area (Å²) in [5, 5.41) is 20.4. The van der Waals surface area contributed by atoms with Gasteiger partial charge < -0.3 is 29.2 Å². The largest absolute Gasteiger partial charge is 0.459 e. The van der Waals surface area contributed by atoms with Crippen LogP contribution < -0.4 is 0 Å². The number of aliphatic hydroxyl groups excluding tert-OH is 2. The van der Waals surface area contributed by atoms with E-state index in [4.69, 9.17) is 18.9 Å². The lowest BCUT2D eigenvalue weighted by molar-refractivity contribution is -0.175. The predicted molar refractivity (Wildman–Crippen MR) is 101 cm³/mol. The number of aliphatic hydroxyl groups is 2. The minimum Gasteiger partial charge on any atom is -0.459 e. The van der Waals surface area contributed by atoms with E-state index in [0.29, 0.717) is 5.56 Å².